The van der Waals surface area contributed by atoms with Crippen LogP contribution in [0.3, 0.4) is 0 Å². The molecule has 15 heteroatoms. The molecule has 0 aromatic rings. The van der Waals surface area contributed by atoms with E-state index in [9.17, 15) is 24.9 Å². The van der Waals surface area contributed by atoms with Gasteiger partial charge in [-0.15, -0.1) is 0 Å². The molecule has 1 aliphatic carbocycles. The molecule has 0 aromatic heterocycles. The number of fused-ring (bicyclic) bond motifs is 2. The number of ketones is 1. The minimum Gasteiger partial charge on any atom is -0.394 e. The molecule has 3 aliphatic rings. The molecule has 2 aliphatic heterocycles. The third-order valence-corrected chi connectivity index (χ3v) is 6.35. The zero-order valence-electron chi connectivity index (χ0n) is 19.5. The Morgan fingerprint density at radius 1 is 1.03 bits per heavy atom. The van der Waals surface area contributed by atoms with Gasteiger partial charge < -0.3 is 70.5 Å². The highest BCUT2D eigenvalue weighted by Crippen LogP contribution is 2.40. The Balaban J connectivity index is 0.000000307. The third-order valence-electron chi connectivity index (χ3n) is 6.35. The minimum absolute atomic E-state index is 0.00220. The van der Waals surface area contributed by atoms with Crippen LogP contribution in [0.25, 0.3) is 0 Å². The summed E-state index contributed by atoms with van der Waals surface area (Å²) in [7, 11) is 3.24. The Bertz CT molecular complexity index is 717. The molecule has 35 heavy (non-hydrogen) atoms. The number of carbonyl (C=O) groups excluding carboxylic acids is 2. The molecule has 0 bridgehead atoms. The van der Waals surface area contributed by atoms with Crippen molar-refractivity contribution in [3.05, 3.63) is 0 Å². The fraction of sp³-hybridized carbons (Fsp3) is 0.900. The first kappa shape index (κ1) is 30.0. The summed E-state index contributed by atoms with van der Waals surface area (Å²) >= 11 is 0. The van der Waals surface area contributed by atoms with Crippen molar-refractivity contribution in [1.82, 2.24) is 10.6 Å². The van der Waals surface area contributed by atoms with Crippen molar-refractivity contribution in [2.24, 2.45) is 0 Å². The maximum Gasteiger partial charge on any atom is 0.280 e. The summed E-state index contributed by atoms with van der Waals surface area (Å²) < 4.78 is 16.8. The summed E-state index contributed by atoms with van der Waals surface area (Å²) in [5.41, 5.74) is 0. The van der Waals surface area contributed by atoms with Gasteiger partial charge in [-0.25, -0.2) is 0 Å². The van der Waals surface area contributed by atoms with Crippen LogP contribution in [0.1, 0.15) is 13.3 Å². The Morgan fingerprint density at radius 2 is 1.63 bits per heavy atom. The van der Waals surface area contributed by atoms with Crippen molar-refractivity contribution in [3.63, 3.8) is 0 Å². The van der Waals surface area contributed by atoms with Gasteiger partial charge in [0.2, 0.25) is 6.29 Å². The summed E-state index contributed by atoms with van der Waals surface area (Å²) in [6.45, 7) is 0.935. The van der Waals surface area contributed by atoms with E-state index in [-0.39, 0.29) is 12.7 Å². The van der Waals surface area contributed by atoms with E-state index in [0.29, 0.717) is 0 Å². The molecule has 1 saturated carbocycles. The highest BCUT2D eigenvalue weighted by Gasteiger charge is 2.63. The second-order valence-corrected chi connectivity index (χ2v) is 8.75. The topological polar surface area (TPSA) is 248 Å². The molecular formula is C20H36N2O13. The Labute approximate surface area is 201 Å². The van der Waals surface area contributed by atoms with E-state index in [1.165, 1.54) is 0 Å². The molecular weight excluding hydrogens is 476 g/mol. The van der Waals surface area contributed by atoms with E-state index in [1.54, 1.807) is 21.0 Å². The SMILES string of the molecule is CN[C@@H]1[C@H](O)[C@H](NC)[C@H]2O[C@@]3(O)C(=O)C[C@@H](C)O[C@H]3O[C@@H]2[C@H]1O.O=C[C@H](O)[C@@H](O)[C@H](O)[C@H](O)CO. The van der Waals surface area contributed by atoms with Gasteiger partial charge in [0.1, 0.15) is 42.7 Å². The number of hydrogen-bond donors (Lipinski definition) is 10. The summed E-state index contributed by atoms with van der Waals surface area (Å²) in [5, 5.41) is 80.8. The lowest BCUT2D eigenvalue weighted by molar-refractivity contribution is -0.420. The zero-order valence-corrected chi connectivity index (χ0v) is 19.5. The smallest absolute Gasteiger partial charge is 0.280 e. The van der Waals surface area contributed by atoms with Crippen LogP contribution in [0.4, 0.5) is 0 Å². The lowest BCUT2D eigenvalue weighted by Gasteiger charge is -2.55. The van der Waals surface area contributed by atoms with E-state index < -0.39 is 91.5 Å². The molecule has 0 spiro atoms. The zero-order chi connectivity index (χ0) is 26.7. The van der Waals surface area contributed by atoms with Crippen molar-refractivity contribution in [2.45, 2.75) is 92.4 Å². The fourth-order valence-corrected chi connectivity index (χ4v) is 4.30. The van der Waals surface area contributed by atoms with Gasteiger partial charge in [0.15, 0.2) is 12.1 Å². The number of nitrogens with one attached hydrogen (secondary N) is 2. The van der Waals surface area contributed by atoms with Crippen molar-refractivity contribution in [1.29, 1.82) is 0 Å². The fourth-order valence-electron chi connectivity index (χ4n) is 4.30. The Morgan fingerprint density at radius 3 is 2.14 bits per heavy atom. The largest absolute Gasteiger partial charge is 0.394 e. The maximum atomic E-state index is 12.2. The normalized spacial score (nSPS) is 42.4. The molecule has 13 atom stereocenters. The monoisotopic (exact) mass is 512 g/mol. The summed E-state index contributed by atoms with van der Waals surface area (Å²) in [6.07, 6.45) is -12.4. The van der Waals surface area contributed by atoms with Crippen LogP contribution in [-0.4, -0.2) is 153 Å². The van der Waals surface area contributed by atoms with Crippen LogP contribution in [-0.2, 0) is 23.8 Å². The lowest BCUT2D eigenvalue weighted by atomic mass is 9.80. The van der Waals surface area contributed by atoms with E-state index in [2.05, 4.69) is 10.6 Å². The molecule has 3 rings (SSSR count). The predicted molar refractivity (Wildman–Crippen MR) is 114 cm³/mol. The van der Waals surface area contributed by atoms with Gasteiger partial charge in [-0.2, -0.15) is 0 Å². The van der Waals surface area contributed by atoms with Crippen LogP contribution < -0.4 is 10.6 Å². The Hall–Kier alpha value is -1.18. The quantitative estimate of drug-likeness (QED) is 0.142. The first-order valence-electron chi connectivity index (χ1n) is 11.1. The summed E-state index contributed by atoms with van der Waals surface area (Å²) in [6, 6.07) is -1.29. The molecule has 2 saturated heterocycles. The number of hydrogen-bond acceptors (Lipinski definition) is 15. The van der Waals surface area contributed by atoms with Gasteiger partial charge in [0, 0.05) is 6.42 Å². The van der Waals surface area contributed by atoms with E-state index in [1.807, 2.05) is 0 Å². The number of aliphatic hydroxyl groups excluding tert-OH is 7. The van der Waals surface area contributed by atoms with Crippen LogP contribution in [0, 0.1) is 0 Å². The van der Waals surface area contributed by atoms with Gasteiger partial charge in [0.05, 0.1) is 30.9 Å². The van der Waals surface area contributed by atoms with Crippen LogP contribution in [0.5, 0.6) is 0 Å². The second kappa shape index (κ2) is 12.4. The van der Waals surface area contributed by atoms with Crippen molar-refractivity contribution in [3.8, 4) is 0 Å². The van der Waals surface area contributed by atoms with E-state index >= 15 is 0 Å². The molecule has 204 valence electrons. The van der Waals surface area contributed by atoms with Gasteiger partial charge in [-0.05, 0) is 21.0 Å². The number of likely N-dealkylation sites (N-methyl/N-ethyl adjacent to an activating group) is 2. The predicted octanol–water partition coefficient (Wildman–Crippen LogP) is -6.30. The summed E-state index contributed by atoms with van der Waals surface area (Å²) in [5.74, 6) is -2.76. The first-order valence-corrected chi connectivity index (χ1v) is 11.1. The second-order valence-electron chi connectivity index (χ2n) is 8.75. The van der Waals surface area contributed by atoms with Gasteiger partial charge >= 0.3 is 0 Å². The molecule has 10 N–H and O–H groups in total. The average Bonchev–Trinajstić information content (AvgIpc) is 2.83. The van der Waals surface area contributed by atoms with Gasteiger partial charge in [-0.1, -0.05) is 0 Å². The molecule has 15 nitrogen and oxygen atoms in total. The van der Waals surface area contributed by atoms with Crippen molar-refractivity contribution < 1.29 is 64.7 Å². The highest BCUT2D eigenvalue weighted by molar-refractivity contribution is 5.87. The molecule has 3 fully saturated rings. The average molecular weight is 513 g/mol. The third kappa shape index (κ3) is 6.04. The number of aliphatic hydroxyl groups is 8. The van der Waals surface area contributed by atoms with Gasteiger partial charge in [-0.3, -0.25) is 4.79 Å². The molecule has 0 unspecified atom stereocenters. The standard InChI is InChI=1S/C14H24N2O7.C6H12O6/c1-5-4-6(17)14(20)13(21-5)22-12-10(19)7(15-2)9(18)8(16-3)11(12)23-14;7-1-3(9)5(11)6(12)4(10)2-8/h5,7-13,15-16,18-20H,4H2,1-3H3;1,3-6,8-12H,2H2/t5-,7-,8+,9+,10+,11-,12-,13+,14+;3-,4+,5+,6+/m10/s1. The molecule has 0 radical (unpaired) electrons. The number of carbonyl (C=O) groups is 2. The van der Waals surface area contributed by atoms with Crippen molar-refractivity contribution in [2.75, 3.05) is 20.7 Å². The minimum atomic E-state index is -2.23. The Kier molecular flexibility index (Phi) is 10.6. The highest BCUT2D eigenvalue weighted by atomic mass is 16.8. The maximum absolute atomic E-state index is 12.2. The number of Topliss-reactive ketones (excluding diaryl/α,β-unsaturated/α-hetero) is 1. The number of aldehydes is 1. The van der Waals surface area contributed by atoms with Gasteiger partial charge in [0.25, 0.3) is 5.79 Å². The molecule has 2 heterocycles. The van der Waals surface area contributed by atoms with Crippen LogP contribution in [0.2, 0.25) is 0 Å². The molecule has 0 amide bonds. The number of rotatable bonds is 7. The van der Waals surface area contributed by atoms with Crippen LogP contribution in [0.15, 0.2) is 0 Å². The van der Waals surface area contributed by atoms with Crippen LogP contribution >= 0.6 is 0 Å². The van der Waals surface area contributed by atoms with E-state index in [4.69, 9.17) is 39.7 Å². The van der Waals surface area contributed by atoms with Crippen molar-refractivity contribution >= 4 is 12.1 Å². The van der Waals surface area contributed by atoms with E-state index in [0.717, 1.165) is 0 Å². The first-order chi connectivity index (χ1) is 16.4. The molecule has 0 aromatic carbocycles. The summed E-state index contributed by atoms with van der Waals surface area (Å²) in [4.78, 5) is 22.1. The lowest BCUT2D eigenvalue weighted by Crippen LogP contribution is -2.77. The number of ether oxygens (including phenoxy) is 3.